The number of aryl methyl sites for hydroxylation is 1. The average Bonchev–Trinajstić information content (AvgIpc) is 2.88. The Bertz CT molecular complexity index is 591. The third kappa shape index (κ3) is 2.54. The summed E-state index contributed by atoms with van der Waals surface area (Å²) in [4.78, 5) is 0. The van der Waals surface area contributed by atoms with Crippen LogP contribution in [0.3, 0.4) is 0 Å². The van der Waals surface area contributed by atoms with Crippen molar-refractivity contribution in [3.8, 4) is 5.75 Å². The average molecular weight is 272 g/mol. The SMILES string of the molecule is C[C@H](N)c1ccccc1OCc1nnc2n1CCCC2. The fraction of sp³-hybridized carbons (Fsp3) is 0.467. The Morgan fingerprint density at radius 1 is 1.30 bits per heavy atom. The lowest BCUT2D eigenvalue weighted by atomic mass is 10.1. The van der Waals surface area contributed by atoms with E-state index >= 15 is 0 Å². The number of benzene rings is 1. The Morgan fingerprint density at radius 2 is 2.15 bits per heavy atom. The molecule has 20 heavy (non-hydrogen) atoms. The summed E-state index contributed by atoms with van der Waals surface area (Å²) in [6.07, 6.45) is 3.41. The molecule has 2 aromatic rings. The second-order valence-electron chi connectivity index (χ2n) is 5.26. The molecule has 1 aliphatic rings. The number of para-hydroxylation sites is 1. The van der Waals surface area contributed by atoms with E-state index in [0.717, 1.165) is 35.9 Å². The molecule has 0 aliphatic carbocycles. The second kappa shape index (κ2) is 5.63. The lowest BCUT2D eigenvalue weighted by molar-refractivity contribution is 0.282. The number of nitrogens with zero attached hydrogens (tertiary/aromatic N) is 3. The molecule has 2 heterocycles. The highest BCUT2D eigenvalue weighted by molar-refractivity contribution is 5.35. The van der Waals surface area contributed by atoms with E-state index in [1.165, 1.54) is 12.8 Å². The predicted molar refractivity (Wildman–Crippen MR) is 76.3 cm³/mol. The highest BCUT2D eigenvalue weighted by atomic mass is 16.5. The van der Waals surface area contributed by atoms with Crippen LogP contribution < -0.4 is 10.5 Å². The molecule has 5 nitrogen and oxygen atoms in total. The van der Waals surface area contributed by atoms with Crippen LogP contribution in [0.2, 0.25) is 0 Å². The zero-order valence-electron chi connectivity index (χ0n) is 11.7. The second-order valence-corrected chi connectivity index (χ2v) is 5.26. The molecule has 106 valence electrons. The molecular weight excluding hydrogens is 252 g/mol. The molecule has 1 aromatic heterocycles. The van der Waals surface area contributed by atoms with Crippen LogP contribution in [0.15, 0.2) is 24.3 Å². The maximum atomic E-state index is 5.96. The lowest BCUT2D eigenvalue weighted by Crippen LogP contribution is -2.15. The fourth-order valence-electron chi connectivity index (χ4n) is 2.61. The van der Waals surface area contributed by atoms with Gasteiger partial charge in [0.15, 0.2) is 5.82 Å². The van der Waals surface area contributed by atoms with Crippen molar-refractivity contribution in [3.05, 3.63) is 41.5 Å². The van der Waals surface area contributed by atoms with E-state index in [0.29, 0.717) is 6.61 Å². The Balaban J connectivity index is 1.75. The summed E-state index contributed by atoms with van der Waals surface area (Å²) >= 11 is 0. The minimum atomic E-state index is -0.0430. The monoisotopic (exact) mass is 272 g/mol. The Morgan fingerprint density at radius 3 is 3.00 bits per heavy atom. The molecule has 1 aromatic carbocycles. The van der Waals surface area contributed by atoms with Crippen molar-refractivity contribution in [2.75, 3.05) is 0 Å². The van der Waals surface area contributed by atoms with Crippen molar-refractivity contribution in [2.24, 2.45) is 5.73 Å². The minimum Gasteiger partial charge on any atom is -0.485 e. The summed E-state index contributed by atoms with van der Waals surface area (Å²) in [5, 5.41) is 8.48. The standard InChI is InChI=1S/C15H20N4O/c1-11(16)12-6-2-3-7-13(12)20-10-15-18-17-14-8-4-5-9-19(14)15/h2-3,6-7,11H,4-5,8-10,16H2,1H3/t11-/m0/s1. The Labute approximate surface area is 118 Å². The van der Waals surface area contributed by atoms with Crippen LogP contribution in [0.5, 0.6) is 5.75 Å². The van der Waals surface area contributed by atoms with Gasteiger partial charge in [0.1, 0.15) is 18.2 Å². The van der Waals surface area contributed by atoms with Gasteiger partial charge in [0, 0.05) is 24.6 Å². The molecule has 0 saturated carbocycles. The molecule has 2 N–H and O–H groups in total. The van der Waals surface area contributed by atoms with E-state index in [2.05, 4.69) is 14.8 Å². The van der Waals surface area contributed by atoms with Crippen LogP contribution in [-0.2, 0) is 19.6 Å². The number of hydrogen-bond donors (Lipinski definition) is 1. The van der Waals surface area contributed by atoms with Crippen LogP contribution >= 0.6 is 0 Å². The Hall–Kier alpha value is -1.88. The maximum absolute atomic E-state index is 5.96. The van der Waals surface area contributed by atoms with Gasteiger partial charge in [-0.15, -0.1) is 10.2 Å². The van der Waals surface area contributed by atoms with Gasteiger partial charge in [-0.3, -0.25) is 0 Å². The third-order valence-electron chi connectivity index (χ3n) is 3.70. The van der Waals surface area contributed by atoms with Crippen molar-refractivity contribution < 1.29 is 4.74 Å². The summed E-state index contributed by atoms with van der Waals surface area (Å²) in [6.45, 7) is 3.40. The lowest BCUT2D eigenvalue weighted by Gasteiger charge is -2.16. The van der Waals surface area contributed by atoms with Gasteiger partial charge >= 0.3 is 0 Å². The molecule has 0 amide bonds. The summed E-state index contributed by atoms with van der Waals surface area (Å²) in [5.41, 5.74) is 6.98. The molecular formula is C15H20N4O. The van der Waals surface area contributed by atoms with E-state index in [4.69, 9.17) is 10.5 Å². The first-order valence-electron chi connectivity index (χ1n) is 7.14. The van der Waals surface area contributed by atoms with Gasteiger partial charge in [-0.2, -0.15) is 0 Å². The van der Waals surface area contributed by atoms with Crippen LogP contribution in [0.1, 0.15) is 43.0 Å². The number of rotatable bonds is 4. The largest absolute Gasteiger partial charge is 0.485 e. The molecule has 0 saturated heterocycles. The van der Waals surface area contributed by atoms with Crippen molar-refractivity contribution in [1.29, 1.82) is 0 Å². The van der Waals surface area contributed by atoms with Crippen LogP contribution in [-0.4, -0.2) is 14.8 Å². The van der Waals surface area contributed by atoms with Gasteiger partial charge in [0.2, 0.25) is 0 Å². The molecule has 0 fully saturated rings. The fourth-order valence-corrected chi connectivity index (χ4v) is 2.61. The minimum absolute atomic E-state index is 0.0430. The molecule has 5 heteroatoms. The highest BCUT2D eigenvalue weighted by Gasteiger charge is 2.16. The molecule has 0 unspecified atom stereocenters. The zero-order chi connectivity index (χ0) is 13.9. The van der Waals surface area contributed by atoms with Gasteiger partial charge in [0.05, 0.1) is 0 Å². The summed E-state index contributed by atoms with van der Waals surface area (Å²) in [7, 11) is 0. The highest BCUT2D eigenvalue weighted by Crippen LogP contribution is 2.24. The van der Waals surface area contributed by atoms with E-state index in [9.17, 15) is 0 Å². The first-order chi connectivity index (χ1) is 9.75. The van der Waals surface area contributed by atoms with Gasteiger partial charge in [0.25, 0.3) is 0 Å². The topological polar surface area (TPSA) is 66.0 Å². The first kappa shape index (κ1) is 13.1. The number of hydrogen-bond acceptors (Lipinski definition) is 4. The van der Waals surface area contributed by atoms with E-state index < -0.39 is 0 Å². The van der Waals surface area contributed by atoms with Gasteiger partial charge < -0.3 is 15.0 Å². The van der Waals surface area contributed by atoms with Crippen molar-refractivity contribution in [3.63, 3.8) is 0 Å². The van der Waals surface area contributed by atoms with E-state index in [-0.39, 0.29) is 6.04 Å². The summed E-state index contributed by atoms with van der Waals surface area (Å²) in [5.74, 6) is 2.81. The van der Waals surface area contributed by atoms with Gasteiger partial charge in [-0.1, -0.05) is 18.2 Å². The smallest absolute Gasteiger partial charge is 0.171 e. The van der Waals surface area contributed by atoms with Gasteiger partial charge in [-0.05, 0) is 25.8 Å². The number of ether oxygens (including phenoxy) is 1. The van der Waals surface area contributed by atoms with Crippen LogP contribution in [0.4, 0.5) is 0 Å². The normalized spacial score (nSPS) is 15.7. The zero-order valence-corrected chi connectivity index (χ0v) is 11.7. The number of aromatic nitrogens is 3. The number of nitrogens with two attached hydrogens (primary N) is 1. The van der Waals surface area contributed by atoms with Crippen molar-refractivity contribution >= 4 is 0 Å². The van der Waals surface area contributed by atoms with E-state index in [1.54, 1.807) is 0 Å². The summed E-state index contributed by atoms with van der Waals surface area (Å²) in [6, 6.07) is 7.84. The number of fused-ring (bicyclic) bond motifs is 1. The Kier molecular flexibility index (Phi) is 3.69. The first-order valence-corrected chi connectivity index (χ1v) is 7.14. The van der Waals surface area contributed by atoms with Crippen molar-refractivity contribution in [2.45, 2.75) is 45.4 Å². The molecule has 0 spiro atoms. The van der Waals surface area contributed by atoms with E-state index in [1.807, 2.05) is 31.2 Å². The van der Waals surface area contributed by atoms with Crippen LogP contribution in [0, 0.1) is 0 Å². The van der Waals surface area contributed by atoms with Gasteiger partial charge in [-0.25, -0.2) is 0 Å². The third-order valence-corrected chi connectivity index (χ3v) is 3.70. The van der Waals surface area contributed by atoms with Crippen molar-refractivity contribution in [1.82, 2.24) is 14.8 Å². The van der Waals surface area contributed by atoms with Crippen LogP contribution in [0.25, 0.3) is 0 Å². The molecule has 3 rings (SSSR count). The maximum Gasteiger partial charge on any atom is 0.171 e. The molecule has 0 bridgehead atoms. The quantitative estimate of drug-likeness (QED) is 0.926. The molecule has 0 radical (unpaired) electrons. The summed E-state index contributed by atoms with van der Waals surface area (Å²) < 4.78 is 8.08. The molecule has 1 atom stereocenters. The predicted octanol–water partition coefficient (Wildman–Crippen LogP) is 2.21. The molecule has 1 aliphatic heterocycles.